The zero-order chi connectivity index (χ0) is 14.8. The van der Waals surface area contributed by atoms with Gasteiger partial charge >= 0.3 is 0 Å². The van der Waals surface area contributed by atoms with Gasteiger partial charge in [0.05, 0.1) is 22.5 Å². The highest BCUT2D eigenvalue weighted by atomic mass is 79.9. The molecule has 0 aliphatic carbocycles. The first-order valence-corrected chi connectivity index (χ1v) is 7.70. The maximum absolute atomic E-state index is 9.11. The molecule has 1 N–H and O–H groups in total. The van der Waals surface area contributed by atoms with E-state index in [9.17, 15) is 0 Å². The van der Waals surface area contributed by atoms with Crippen molar-refractivity contribution >= 4 is 37.5 Å². The fraction of sp³-hybridized carbons (Fsp3) is 0.267. The Morgan fingerprint density at radius 1 is 1.25 bits per heavy atom. The predicted molar refractivity (Wildman–Crippen MR) is 86.5 cm³/mol. The van der Waals surface area contributed by atoms with E-state index in [2.05, 4.69) is 43.2 Å². The van der Waals surface area contributed by atoms with E-state index >= 15 is 0 Å². The number of hydrogen-bond donors (Lipinski definition) is 1. The Morgan fingerprint density at radius 3 is 2.40 bits per heavy atom. The number of rotatable bonds is 4. The molecular formula is C15H14Br2N2O. The Bertz CT molecular complexity index is 619. The molecule has 1 aromatic carbocycles. The average molecular weight is 398 g/mol. The minimum absolute atomic E-state index is 0.463. The van der Waals surface area contributed by atoms with Crippen molar-refractivity contribution in [2.75, 3.05) is 5.32 Å². The molecule has 0 bridgehead atoms. The van der Waals surface area contributed by atoms with Gasteiger partial charge < -0.3 is 9.73 Å². The molecule has 0 aliphatic heterocycles. The second-order valence-electron chi connectivity index (χ2n) is 5.00. The normalized spacial score (nSPS) is 11.2. The molecule has 2 aromatic rings. The van der Waals surface area contributed by atoms with Crippen molar-refractivity contribution in [1.82, 2.24) is 0 Å². The van der Waals surface area contributed by atoms with Crippen molar-refractivity contribution in [3.8, 4) is 6.07 Å². The van der Waals surface area contributed by atoms with Crippen LogP contribution in [0.4, 0.5) is 5.69 Å². The number of hydrogen-bond acceptors (Lipinski definition) is 3. The van der Waals surface area contributed by atoms with Crippen LogP contribution in [0.15, 0.2) is 43.9 Å². The number of nitrogens with zero attached hydrogens (tertiary/aromatic N) is 1. The van der Waals surface area contributed by atoms with Crippen LogP contribution in [0.2, 0.25) is 0 Å². The van der Waals surface area contributed by atoms with Crippen molar-refractivity contribution in [1.29, 1.82) is 5.26 Å². The van der Waals surface area contributed by atoms with Crippen LogP contribution in [0.25, 0.3) is 0 Å². The van der Waals surface area contributed by atoms with Gasteiger partial charge in [0.15, 0.2) is 4.67 Å². The number of benzene rings is 1. The van der Waals surface area contributed by atoms with E-state index in [1.54, 1.807) is 0 Å². The van der Waals surface area contributed by atoms with Crippen LogP contribution in [0.5, 0.6) is 0 Å². The van der Waals surface area contributed by atoms with Crippen LogP contribution in [-0.4, -0.2) is 0 Å². The van der Waals surface area contributed by atoms with Gasteiger partial charge in [-0.1, -0.05) is 12.1 Å². The fourth-order valence-electron chi connectivity index (χ4n) is 1.74. The summed E-state index contributed by atoms with van der Waals surface area (Å²) in [5, 5.41) is 12.4. The topological polar surface area (TPSA) is 49.0 Å². The molecule has 0 saturated carbocycles. The van der Waals surface area contributed by atoms with Gasteiger partial charge in [-0.15, -0.1) is 0 Å². The number of furan rings is 1. The Hall–Kier alpha value is -1.25. The van der Waals surface area contributed by atoms with E-state index in [-0.39, 0.29) is 0 Å². The van der Waals surface area contributed by atoms with Gasteiger partial charge in [-0.2, -0.15) is 5.26 Å². The molecular weight excluding hydrogens is 384 g/mol. The van der Waals surface area contributed by atoms with Crippen LogP contribution in [-0.2, 0) is 12.0 Å². The summed E-state index contributed by atoms with van der Waals surface area (Å²) in [5.74, 6) is 0.838. The summed E-state index contributed by atoms with van der Waals surface area (Å²) < 4.78 is 7.09. The van der Waals surface area contributed by atoms with Crippen LogP contribution >= 0.6 is 31.9 Å². The zero-order valence-electron chi connectivity index (χ0n) is 11.2. The van der Waals surface area contributed by atoms with Crippen molar-refractivity contribution in [2.45, 2.75) is 25.8 Å². The second kappa shape index (κ2) is 6.02. The lowest BCUT2D eigenvalue weighted by molar-refractivity contribution is 0.494. The lowest BCUT2D eigenvalue weighted by Crippen LogP contribution is -2.13. The maximum atomic E-state index is 9.11. The Morgan fingerprint density at radius 2 is 1.90 bits per heavy atom. The first-order chi connectivity index (χ1) is 9.42. The standard InChI is InChI=1S/C15H14Br2N2O/c1-15(2,9-18)10-3-5-11(6-4-10)19-8-12-7-13(16)14(17)20-12/h3-7,19H,8H2,1-2H3. The van der Waals surface area contributed by atoms with Crippen LogP contribution in [0.3, 0.4) is 0 Å². The van der Waals surface area contributed by atoms with E-state index < -0.39 is 5.41 Å². The highest BCUT2D eigenvalue weighted by molar-refractivity contribution is 9.13. The third-order valence-electron chi connectivity index (χ3n) is 3.05. The Balaban J connectivity index is 2.03. The molecule has 0 unspecified atom stereocenters. The van der Waals surface area contributed by atoms with Gasteiger partial charge in [-0.25, -0.2) is 0 Å². The summed E-state index contributed by atoms with van der Waals surface area (Å²) in [6.45, 7) is 4.42. The molecule has 2 rings (SSSR count). The summed E-state index contributed by atoms with van der Waals surface area (Å²) in [6, 6.07) is 12.1. The van der Waals surface area contributed by atoms with Gasteiger partial charge in [-0.3, -0.25) is 0 Å². The molecule has 0 saturated heterocycles. The first kappa shape index (κ1) is 15.1. The van der Waals surface area contributed by atoms with Crippen molar-refractivity contribution in [3.05, 3.63) is 50.8 Å². The number of halogens is 2. The largest absolute Gasteiger partial charge is 0.451 e. The fourth-order valence-corrected chi connectivity index (χ4v) is 2.40. The Kier molecular flexibility index (Phi) is 4.56. The number of nitrogens with one attached hydrogen (secondary N) is 1. The molecule has 0 fully saturated rings. The number of nitriles is 1. The SMILES string of the molecule is CC(C)(C#N)c1ccc(NCc2cc(Br)c(Br)o2)cc1. The molecule has 20 heavy (non-hydrogen) atoms. The van der Waals surface area contributed by atoms with Crippen LogP contribution in [0.1, 0.15) is 25.2 Å². The Labute approximate surface area is 135 Å². The van der Waals surface area contributed by atoms with Crippen molar-refractivity contribution in [2.24, 2.45) is 0 Å². The first-order valence-electron chi connectivity index (χ1n) is 6.12. The zero-order valence-corrected chi connectivity index (χ0v) is 14.4. The highest BCUT2D eigenvalue weighted by Gasteiger charge is 2.19. The number of anilines is 1. The highest BCUT2D eigenvalue weighted by Crippen LogP contribution is 2.27. The monoisotopic (exact) mass is 396 g/mol. The smallest absolute Gasteiger partial charge is 0.183 e. The second-order valence-corrected chi connectivity index (χ2v) is 6.58. The van der Waals surface area contributed by atoms with Crippen molar-refractivity contribution < 1.29 is 4.42 Å². The minimum Gasteiger partial charge on any atom is -0.451 e. The average Bonchev–Trinajstić information content (AvgIpc) is 2.76. The lowest BCUT2D eigenvalue weighted by atomic mass is 9.86. The predicted octanol–water partition coefficient (Wildman–Crippen LogP) is 5.22. The molecule has 0 spiro atoms. The van der Waals surface area contributed by atoms with E-state index in [0.29, 0.717) is 11.2 Å². The molecule has 104 valence electrons. The molecule has 3 nitrogen and oxygen atoms in total. The summed E-state index contributed by atoms with van der Waals surface area (Å²) in [7, 11) is 0. The lowest BCUT2D eigenvalue weighted by Gasteiger charge is -2.16. The summed E-state index contributed by atoms with van der Waals surface area (Å²) in [6.07, 6.45) is 0. The third kappa shape index (κ3) is 3.44. The maximum Gasteiger partial charge on any atom is 0.183 e. The van der Waals surface area contributed by atoms with Crippen molar-refractivity contribution in [3.63, 3.8) is 0 Å². The summed E-state index contributed by atoms with van der Waals surface area (Å²) >= 11 is 6.69. The van der Waals surface area contributed by atoms with Gasteiger partial charge in [0, 0.05) is 5.69 Å². The van der Waals surface area contributed by atoms with Gasteiger partial charge in [0.2, 0.25) is 0 Å². The summed E-state index contributed by atoms with van der Waals surface area (Å²) in [4.78, 5) is 0. The van der Waals surface area contributed by atoms with E-state index in [4.69, 9.17) is 9.68 Å². The van der Waals surface area contributed by atoms with E-state index in [1.165, 1.54) is 0 Å². The summed E-state index contributed by atoms with van der Waals surface area (Å²) in [5.41, 5.74) is 1.54. The minimum atomic E-state index is -0.463. The molecule has 1 aromatic heterocycles. The van der Waals surface area contributed by atoms with Crippen LogP contribution < -0.4 is 5.32 Å². The molecule has 0 atom stereocenters. The van der Waals surface area contributed by atoms with E-state index in [1.807, 2.05) is 44.2 Å². The quantitative estimate of drug-likeness (QED) is 0.769. The van der Waals surface area contributed by atoms with Gasteiger partial charge in [-0.05, 0) is 69.5 Å². The molecule has 0 aliphatic rings. The van der Waals surface area contributed by atoms with Gasteiger partial charge in [0.25, 0.3) is 0 Å². The van der Waals surface area contributed by atoms with E-state index in [0.717, 1.165) is 21.5 Å². The van der Waals surface area contributed by atoms with Gasteiger partial charge in [0.1, 0.15) is 5.76 Å². The molecule has 1 heterocycles. The molecule has 0 radical (unpaired) electrons. The molecule has 0 amide bonds. The molecule has 5 heteroatoms. The van der Waals surface area contributed by atoms with Crippen LogP contribution in [0, 0.1) is 11.3 Å². The third-order valence-corrected chi connectivity index (χ3v) is 4.76.